The maximum absolute atomic E-state index is 12.0. The number of terminal acetylenes is 1. The SMILES string of the molecule is C#CCCCn1ncc2c(N)c(C(=O)NCCC)cnc21. The fourth-order valence-electron chi connectivity index (χ4n) is 2.05. The van der Waals surface area contributed by atoms with E-state index in [2.05, 4.69) is 21.3 Å². The highest BCUT2D eigenvalue weighted by molar-refractivity contribution is 6.05. The molecule has 0 spiro atoms. The van der Waals surface area contributed by atoms with Crippen molar-refractivity contribution in [3.8, 4) is 12.3 Å². The Hall–Kier alpha value is -2.55. The summed E-state index contributed by atoms with van der Waals surface area (Å²) in [6, 6.07) is 0. The van der Waals surface area contributed by atoms with Crippen LogP contribution in [0.1, 0.15) is 36.5 Å². The molecule has 0 radical (unpaired) electrons. The number of hydrogen-bond donors (Lipinski definition) is 2. The summed E-state index contributed by atoms with van der Waals surface area (Å²) in [7, 11) is 0. The van der Waals surface area contributed by atoms with Crippen LogP contribution >= 0.6 is 0 Å². The summed E-state index contributed by atoms with van der Waals surface area (Å²) >= 11 is 0. The van der Waals surface area contributed by atoms with Gasteiger partial charge in [-0.3, -0.25) is 4.79 Å². The van der Waals surface area contributed by atoms with Crippen molar-refractivity contribution in [1.29, 1.82) is 0 Å². The van der Waals surface area contributed by atoms with Crippen molar-refractivity contribution in [3.05, 3.63) is 18.0 Å². The predicted octanol–water partition coefficient (Wildman–Crippen LogP) is 1.57. The monoisotopic (exact) mass is 285 g/mol. The lowest BCUT2D eigenvalue weighted by Gasteiger charge is -2.07. The van der Waals surface area contributed by atoms with Crippen molar-refractivity contribution in [2.75, 3.05) is 12.3 Å². The predicted molar refractivity (Wildman–Crippen MR) is 82.6 cm³/mol. The minimum Gasteiger partial charge on any atom is -0.397 e. The maximum atomic E-state index is 12.0. The molecule has 0 aliphatic heterocycles. The molecule has 2 rings (SSSR count). The molecule has 0 saturated heterocycles. The van der Waals surface area contributed by atoms with Gasteiger partial charge in [0, 0.05) is 25.7 Å². The van der Waals surface area contributed by atoms with Crippen molar-refractivity contribution in [1.82, 2.24) is 20.1 Å². The smallest absolute Gasteiger partial charge is 0.254 e. The molecule has 21 heavy (non-hydrogen) atoms. The van der Waals surface area contributed by atoms with Crippen LogP contribution in [0.3, 0.4) is 0 Å². The molecule has 0 atom stereocenters. The second kappa shape index (κ2) is 6.75. The van der Waals surface area contributed by atoms with E-state index in [-0.39, 0.29) is 5.91 Å². The number of fused-ring (bicyclic) bond motifs is 1. The molecule has 0 aromatic carbocycles. The Morgan fingerprint density at radius 3 is 3.05 bits per heavy atom. The first kappa shape index (κ1) is 14.9. The zero-order chi connectivity index (χ0) is 15.2. The van der Waals surface area contributed by atoms with Crippen LogP contribution in [0.4, 0.5) is 5.69 Å². The van der Waals surface area contributed by atoms with Crippen LogP contribution in [0.15, 0.2) is 12.4 Å². The molecule has 110 valence electrons. The molecular weight excluding hydrogens is 266 g/mol. The summed E-state index contributed by atoms with van der Waals surface area (Å²) in [5, 5.41) is 7.75. The summed E-state index contributed by atoms with van der Waals surface area (Å²) in [5.41, 5.74) is 7.55. The van der Waals surface area contributed by atoms with E-state index in [0.717, 1.165) is 12.8 Å². The number of aromatic nitrogens is 3. The van der Waals surface area contributed by atoms with Crippen LogP contribution in [0, 0.1) is 12.3 Å². The third-order valence-corrected chi connectivity index (χ3v) is 3.18. The zero-order valence-corrected chi connectivity index (χ0v) is 12.1. The number of nitrogens with one attached hydrogen (secondary N) is 1. The molecule has 0 fully saturated rings. The van der Waals surface area contributed by atoms with Gasteiger partial charge in [-0.2, -0.15) is 5.10 Å². The molecule has 0 aliphatic rings. The highest BCUT2D eigenvalue weighted by atomic mass is 16.1. The number of carbonyl (C=O) groups excluding carboxylic acids is 1. The van der Waals surface area contributed by atoms with Crippen molar-refractivity contribution in [2.45, 2.75) is 32.7 Å². The van der Waals surface area contributed by atoms with E-state index >= 15 is 0 Å². The number of unbranched alkanes of at least 4 members (excludes halogenated alkanes) is 1. The molecule has 3 N–H and O–H groups in total. The van der Waals surface area contributed by atoms with Crippen LogP contribution in [-0.2, 0) is 6.54 Å². The number of anilines is 1. The van der Waals surface area contributed by atoms with Gasteiger partial charge in [-0.15, -0.1) is 12.3 Å². The lowest BCUT2D eigenvalue weighted by atomic mass is 10.1. The molecule has 6 nitrogen and oxygen atoms in total. The topological polar surface area (TPSA) is 85.8 Å². The zero-order valence-electron chi connectivity index (χ0n) is 12.1. The second-order valence-corrected chi connectivity index (χ2v) is 4.75. The summed E-state index contributed by atoms with van der Waals surface area (Å²) in [6.45, 7) is 3.29. The first-order valence-electron chi connectivity index (χ1n) is 7.00. The van der Waals surface area contributed by atoms with Crippen LogP contribution < -0.4 is 11.1 Å². The van der Waals surface area contributed by atoms with Gasteiger partial charge in [0.05, 0.1) is 22.8 Å². The Bertz CT molecular complexity index is 683. The number of nitrogen functional groups attached to an aromatic ring is 1. The first-order valence-corrected chi connectivity index (χ1v) is 7.00. The van der Waals surface area contributed by atoms with Crippen LogP contribution in [0.5, 0.6) is 0 Å². The van der Waals surface area contributed by atoms with E-state index < -0.39 is 0 Å². The number of rotatable bonds is 6. The van der Waals surface area contributed by atoms with Crippen LogP contribution in [0.2, 0.25) is 0 Å². The van der Waals surface area contributed by atoms with Crippen molar-refractivity contribution < 1.29 is 4.79 Å². The molecule has 2 aromatic rings. The van der Waals surface area contributed by atoms with Gasteiger partial charge < -0.3 is 11.1 Å². The van der Waals surface area contributed by atoms with Crippen molar-refractivity contribution in [2.24, 2.45) is 0 Å². The number of nitrogens with two attached hydrogens (primary N) is 1. The van der Waals surface area contributed by atoms with E-state index in [9.17, 15) is 4.79 Å². The van der Waals surface area contributed by atoms with Crippen molar-refractivity contribution in [3.63, 3.8) is 0 Å². The van der Waals surface area contributed by atoms with E-state index in [1.165, 1.54) is 6.20 Å². The average molecular weight is 285 g/mol. The first-order chi connectivity index (χ1) is 10.2. The van der Waals surface area contributed by atoms with E-state index in [1.54, 1.807) is 10.9 Å². The largest absolute Gasteiger partial charge is 0.397 e. The van der Waals surface area contributed by atoms with Gasteiger partial charge >= 0.3 is 0 Å². The molecule has 0 saturated carbocycles. The summed E-state index contributed by atoms with van der Waals surface area (Å²) < 4.78 is 1.76. The summed E-state index contributed by atoms with van der Waals surface area (Å²) in [5.74, 6) is 2.39. The van der Waals surface area contributed by atoms with Gasteiger partial charge in [-0.1, -0.05) is 6.92 Å². The lowest BCUT2D eigenvalue weighted by Crippen LogP contribution is -2.25. The Morgan fingerprint density at radius 1 is 1.52 bits per heavy atom. The number of nitrogens with zero attached hydrogens (tertiary/aromatic N) is 3. The summed E-state index contributed by atoms with van der Waals surface area (Å²) in [6.07, 6.45) is 10.8. The van der Waals surface area contributed by atoms with E-state index in [4.69, 9.17) is 12.2 Å². The molecule has 2 aromatic heterocycles. The standard InChI is InChI=1S/C15H19N5O/c1-3-5-6-8-20-14-11(10-19-20)13(16)12(9-18-14)15(21)17-7-4-2/h1,9-10H,4-8H2,2H3,(H2,16,18)(H,17,21). The minimum absolute atomic E-state index is 0.205. The fourth-order valence-corrected chi connectivity index (χ4v) is 2.05. The molecule has 2 heterocycles. The van der Waals surface area contributed by atoms with Gasteiger partial charge in [-0.25, -0.2) is 9.67 Å². The Kier molecular flexibility index (Phi) is 4.77. The quantitative estimate of drug-likeness (QED) is 0.623. The normalized spacial score (nSPS) is 10.5. The molecule has 6 heteroatoms. The fraction of sp³-hybridized carbons (Fsp3) is 0.400. The van der Waals surface area contributed by atoms with Crippen LogP contribution in [-0.4, -0.2) is 27.2 Å². The minimum atomic E-state index is -0.205. The van der Waals surface area contributed by atoms with Crippen molar-refractivity contribution >= 4 is 22.6 Å². The number of aryl methyl sites for hydroxylation is 1. The van der Waals surface area contributed by atoms with Gasteiger partial charge in [0.2, 0.25) is 0 Å². The Balaban J connectivity index is 2.27. The lowest BCUT2D eigenvalue weighted by molar-refractivity contribution is 0.0954. The molecular formula is C15H19N5O. The molecule has 0 unspecified atom stereocenters. The van der Waals surface area contributed by atoms with Gasteiger partial charge in [0.1, 0.15) is 0 Å². The Morgan fingerprint density at radius 2 is 2.33 bits per heavy atom. The Labute approximate surface area is 123 Å². The number of pyridine rings is 1. The molecule has 1 amide bonds. The number of carbonyl (C=O) groups is 1. The third kappa shape index (κ3) is 3.14. The number of hydrogen-bond acceptors (Lipinski definition) is 4. The van der Waals surface area contributed by atoms with Gasteiger partial charge in [0.15, 0.2) is 5.65 Å². The molecule has 0 bridgehead atoms. The highest BCUT2D eigenvalue weighted by Crippen LogP contribution is 2.22. The van der Waals surface area contributed by atoms with Gasteiger partial charge in [0.25, 0.3) is 5.91 Å². The summed E-state index contributed by atoms with van der Waals surface area (Å²) in [4.78, 5) is 16.3. The van der Waals surface area contributed by atoms with Crippen LogP contribution in [0.25, 0.3) is 11.0 Å². The molecule has 0 aliphatic carbocycles. The number of amides is 1. The van der Waals surface area contributed by atoms with E-state index in [1.807, 2.05) is 6.92 Å². The maximum Gasteiger partial charge on any atom is 0.254 e. The third-order valence-electron chi connectivity index (χ3n) is 3.18. The van der Waals surface area contributed by atoms with E-state index in [0.29, 0.717) is 41.8 Å². The second-order valence-electron chi connectivity index (χ2n) is 4.75. The average Bonchev–Trinajstić information content (AvgIpc) is 2.90. The van der Waals surface area contributed by atoms with Gasteiger partial charge in [-0.05, 0) is 12.8 Å². The highest BCUT2D eigenvalue weighted by Gasteiger charge is 2.15.